The topological polar surface area (TPSA) is 66.5 Å². The van der Waals surface area contributed by atoms with Crippen LogP contribution in [0, 0.1) is 11.3 Å². The van der Waals surface area contributed by atoms with E-state index in [1.807, 2.05) is 0 Å². The first-order valence-corrected chi connectivity index (χ1v) is 8.24. The molecule has 1 aliphatic heterocycles. The van der Waals surface area contributed by atoms with Crippen LogP contribution in [0.15, 0.2) is 0 Å². The fraction of sp³-hybridized carbons (Fsp3) is 0.824. The first-order chi connectivity index (χ1) is 10.1. The zero-order valence-electron chi connectivity index (χ0n) is 14.6. The Kier molecular flexibility index (Phi) is 6.57. The van der Waals surface area contributed by atoms with Gasteiger partial charge in [-0.05, 0) is 24.2 Å². The molecule has 5 heteroatoms. The molecule has 5 nitrogen and oxygen atoms in total. The second-order valence-corrected chi connectivity index (χ2v) is 7.65. The predicted molar refractivity (Wildman–Crippen MR) is 86.0 cm³/mol. The van der Waals surface area contributed by atoms with Gasteiger partial charge in [0.1, 0.15) is 0 Å². The van der Waals surface area contributed by atoms with Crippen LogP contribution in [0.3, 0.4) is 0 Å². The second-order valence-electron chi connectivity index (χ2n) is 7.65. The van der Waals surface area contributed by atoms with Crippen molar-refractivity contribution in [3.63, 3.8) is 0 Å². The zero-order chi connectivity index (χ0) is 16.9. The molecule has 0 saturated carbocycles. The lowest BCUT2D eigenvalue weighted by atomic mass is 9.82. The van der Waals surface area contributed by atoms with Gasteiger partial charge in [0.25, 0.3) is 0 Å². The van der Waals surface area contributed by atoms with Gasteiger partial charge in [-0.2, -0.15) is 0 Å². The van der Waals surface area contributed by atoms with Crippen molar-refractivity contribution in [1.29, 1.82) is 0 Å². The van der Waals surface area contributed by atoms with E-state index in [1.54, 1.807) is 0 Å². The van der Waals surface area contributed by atoms with E-state index in [0.717, 1.165) is 12.8 Å². The summed E-state index contributed by atoms with van der Waals surface area (Å²) in [5, 5.41) is 3.08. The molecule has 0 aromatic heterocycles. The van der Waals surface area contributed by atoms with Gasteiger partial charge in [0.2, 0.25) is 17.7 Å². The Labute approximate surface area is 133 Å². The van der Waals surface area contributed by atoms with Crippen LogP contribution in [0.2, 0.25) is 0 Å². The number of rotatable bonds is 7. The van der Waals surface area contributed by atoms with E-state index in [2.05, 4.69) is 39.9 Å². The SMILES string of the molecule is CC(C)CCC(NC(=O)CCN1C(=O)CCC1=O)C(C)(C)C. The van der Waals surface area contributed by atoms with Gasteiger partial charge in [0, 0.05) is 31.8 Å². The number of hydrogen-bond donors (Lipinski definition) is 1. The average Bonchev–Trinajstić information content (AvgIpc) is 2.70. The lowest BCUT2D eigenvalue weighted by molar-refractivity contribution is -0.138. The van der Waals surface area contributed by atoms with E-state index in [1.165, 1.54) is 4.90 Å². The fourth-order valence-electron chi connectivity index (χ4n) is 2.57. The van der Waals surface area contributed by atoms with Crippen molar-refractivity contribution in [2.45, 2.75) is 72.8 Å². The number of carbonyl (C=O) groups excluding carboxylic acids is 3. The monoisotopic (exact) mass is 310 g/mol. The maximum Gasteiger partial charge on any atom is 0.229 e. The van der Waals surface area contributed by atoms with Crippen molar-refractivity contribution in [3.8, 4) is 0 Å². The summed E-state index contributed by atoms with van der Waals surface area (Å²) in [6, 6.07) is 0.104. The van der Waals surface area contributed by atoms with E-state index in [0.29, 0.717) is 5.92 Å². The van der Waals surface area contributed by atoms with E-state index < -0.39 is 0 Å². The Morgan fingerprint density at radius 3 is 2.14 bits per heavy atom. The zero-order valence-corrected chi connectivity index (χ0v) is 14.6. The smallest absolute Gasteiger partial charge is 0.229 e. The third-order valence-electron chi connectivity index (χ3n) is 4.13. The van der Waals surface area contributed by atoms with Crippen LogP contribution >= 0.6 is 0 Å². The molecule has 3 amide bonds. The van der Waals surface area contributed by atoms with Crippen molar-refractivity contribution in [3.05, 3.63) is 0 Å². The number of carbonyl (C=O) groups is 3. The molecule has 1 aliphatic rings. The fourth-order valence-corrected chi connectivity index (χ4v) is 2.57. The molecule has 126 valence electrons. The molecule has 1 rings (SSSR count). The minimum Gasteiger partial charge on any atom is -0.353 e. The lowest BCUT2D eigenvalue weighted by Gasteiger charge is -2.32. The summed E-state index contributed by atoms with van der Waals surface area (Å²) < 4.78 is 0. The maximum absolute atomic E-state index is 12.2. The van der Waals surface area contributed by atoms with Gasteiger partial charge in [-0.15, -0.1) is 0 Å². The number of nitrogens with zero attached hydrogens (tertiary/aromatic N) is 1. The summed E-state index contributed by atoms with van der Waals surface area (Å²) >= 11 is 0. The van der Waals surface area contributed by atoms with Gasteiger partial charge in [0.15, 0.2) is 0 Å². The third kappa shape index (κ3) is 5.78. The molecular formula is C17H30N2O3. The van der Waals surface area contributed by atoms with Crippen molar-refractivity contribution in [1.82, 2.24) is 10.2 Å². The number of hydrogen-bond acceptors (Lipinski definition) is 3. The number of amides is 3. The second kappa shape index (κ2) is 7.75. The van der Waals surface area contributed by atoms with E-state index in [9.17, 15) is 14.4 Å². The van der Waals surface area contributed by atoms with Crippen LogP contribution in [0.1, 0.15) is 66.7 Å². The van der Waals surface area contributed by atoms with E-state index in [4.69, 9.17) is 0 Å². The van der Waals surface area contributed by atoms with Crippen molar-refractivity contribution in [2.24, 2.45) is 11.3 Å². The summed E-state index contributed by atoms with van der Waals surface area (Å²) in [7, 11) is 0. The first kappa shape index (κ1) is 18.7. The van der Waals surface area contributed by atoms with Gasteiger partial charge in [0.05, 0.1) is 0 Å². The Balaban J connectivity index is 2.49. The van der Waals surface area contributed by atoms with Gasteiger partial charge in [-0.3, -0.25) is 19.3 Å². The van der Waals surface area contributed by atoms with Crippen molar-refractivity contribution < 1.29 is 14.4 Å². The summed E-state index contributed by atoms with van der Waals surface area (Å²) in [4.78, 5) is 36.4. The number of likely N-dealkylation sites (tertiary alicyclic amines) is 1. The normalized spacial score (nSPS) is 17.3. The highest BCUT2D eigenvalue weighted by Gasteiger charge is 2.30. The summed E-state index contributed by atoms with van der Waals surface area (Å²) in [6.45, 7) is 10.9. The summed E-state index contributed by atoms with van der Waals surface area (Å²) in [5.74, 6) is 0.188. The third-order valence-corrected chi connectivity index (χ3v) is 4.13. The molecule has 1 saturated heterocycles. The minimum atomic E-state index is -0.162. The number of nitrogens with one attached hydrogen (secondary N) is 1. The van der Waals surface area contributed by atoms with Crippen molar-refractivity contribution >= 4 is 17.7 Å². The Morgan fingerprint density at radius 1 is 1.14 bits per heavy atom. The van der Waals surface area contributed by atoms with Gasteiger partial charge >= 0.3 is 0 Å². The summed E-state index contributed by atoms with van der Waals surface area (Å²) in [5.41, 5.74) is -0.0101. The molecule has 0 aliphatic carbocycles. The maximum atomic E-state index is 12.2. The molecular weight excluding hydrogens is 280 g/mol. The first-order valence-electron chi connectivity index (χ1n) is 8.24. The Bertz CT molecular complexity index is 408. The highest BCUT2D eigenvalue weighted by Crippen LogP contribution is 2.24. The predicted octanol–water partition coefficient (Wildman–Crippen LogP) is 2.49. The quantitative estimate of drug-likeness (QED) is 0.735. The Morgan fingerprint density at radius 2 is 1.68 bits per heavy atom. The lowest BCUT2D eigenvalue weighted by Crippen LogP contribution is -2.45. The molecule has 0 aromatic carbocycles. The minimum absolute atomic E-state index is 0.0101. The van der Waals surface area contributed by atoms with Crippen LogP contribution in [-0.4, -0.2) is 35.2 Å². The molecule has 0 bridgehead atoms. The van der Waals surface area contributed by atoms with Gasteiger partial charge < -0.3 is 5.32 Å². The molecule has 0 radical (unpaired) electrons. The van der Waals surface area contributed by atoms with E-state index in [-0.39, 0.29) is 55.0 Å². The Hall–Kier alpha value is -1.39. The molecule has 1 N–H and O–H groups in total. The molecule has 1 heterocycles. The number of imide groups is 1. The highest BCUT2D eigenvalue weighted by molar-refractivity contribution is 6.02. The van der Waals surface area contributed by atoms with Crippen LogP contribution in [0.4, 0.5) is 0 Å². The largest absolute Gasteiger partial charge is 0.353 e. The van der Waals surface area contributed by atoms with Crippen LogP contribution in [0.5, 0.6) is 0 Å². The standard InChI is InChI=1S/C17H30N2O3/c1-12(2)6-7-13(17(3,4)5)18-14(20)10-11-19-15(21)8-9-16(19)22/h12-13H,6-11H2,1-5H3,(H,18,20). The molecule has 1 atom stereocenters. The molecule has 22 heavy (non-hydrogen) atoms. The van der Waals surface area contributed by atoms with Gasteiger partial charge in [-0.25, -0.2) is 0 Å². The van der Waals surface area contributed by atoms with Gasteiger partial charge in [-0.1, -0.05) is 34.6 Å². The molecule has 1 unspecified atom stereocenters. The van der Waals surface area contributed by atoms with Crippen LogP contribution in [0.25, 0.3) is 0 Å². The van der Waals surface area contributed by atoms with E-state index >= 15 is 0 Å². The van der Waals surface area contributed by atoms with Crippen molar-refractivity contribution in [2.75, 3.05) is 6.54 Å². The average molecular weight is 310 g/mol. The molecule has 0 spiro atoms. The molecule has 1 fully saturated rings. The van der Waals surface area contributed by atoms with Crippen LogP contribution < -0.4 is 5.32 Å². The summed E-state index contributed by atoms with van der Waals surface area (Å²) in [6.07, 6.45) is 2.74. The molecule has 0 aromatic rings. The van der Waals surface area contributed by atoms with Crippen LogP contribution in [-0.2, 0) is 14.4 Å². The highest BCUT2D eigenvalue weighted by atomic mass is 16.2.